The molecule has 0 aromatic carbocycles. The molecule has 1 heteroatoms. The van der Waals surface area contributed by atoms with Gasteiger partial charge in [-0.2, -0.15) is 0 Å². The molecule has 0 saturated carbocycles. The molecule has 0 atom stereocenters. The van der Waals surface area contributed by atoms with Gasteiger partial charge in [0.25, 0.3) is 0 Å². The third kappa shape index (κ3) is 2.38. The summed E-state index contributed by atoms with van der Waals surface area (Å²) in [6.07, 6.45) is 0. The highest BCUT2D eigenvalue weighted by Gasteiger charge is 2.14. The minimum absolute atomic E-state index is 0.139. The SMILES string of the molecule is CC(C)(C)[14C]([14CH3])=O. The molecule has 0 aliphatic carbocycles. The quantitative estimate of drug-likeness (QED) is 0.456. The number of carbonyl (C=O) groups is 1. The highest BCUT2D eigenvalue weighted by molar-refractivity contribution is 5.80. The van der Waals surface area contributed by atoms with Crippen LogP contribution in [0.2, 0.25) is 0 Å². The first-order valence-electron chi connectivity index (χ1n) is 2.45. The van der Waals surface area contributed by atoms with Crippen LogP contribution in [0.1, 0.15) is 27.7 Å². The predicted octanol–water partition coefficient (Wildman–Crippen LogP) is 1.62. The van der Waals surface area contributed by atoms with Crippen LogP contribution in [0.15, 0.2) is 0 Å². The molecule has 0 bridgehead atoms. The first-order valence-corrected chi connectivity index (χ1v) is 2.45. The highest BCUT2D eigenvalue weighted by Crippen LogP contribution is 2.12. The second-order valence-corrected chi connectivity index (χ2v) is 2.81. The zero-order valence-electron chi connectivity index (χ0n) is 5.41. The van der Waals surface area contributed by atoms with E-state index in [2.05, 4.69) is 0 Å². The molecule has 0 aliphatic heterocycles. The lowest BCUT2D eigenvalue weighted by molar-refractivity contribution is -0.124. The van der Waals surface area contributed by atoms with Gasteiger partial charge in [-0.25, -0.2) is 0 Å². The molecule has 0 amide bonds. The lowest BCUT2D eigenvalue weighted by Gasteiger charge is -2.11. The van der Waals surface area contributed by atoms with Crippen molar-refractivity contribution in [1.82, 2.24) is 0 Å². The Hall–Kier alpha value is -0.330. The third-order valence-electron chi connectivity index (χ3n) is 1.06. The Morgan fingerprint density at radius 2 is 1.57 bits per heavy atom. The van der Waals surface area contributed by atoms with Gasteiger partial charge in [0.15, 0.2) is 0 Å². The number of carbonyl (C=O) groups excluding carboxylic acids is 1. The molecule has 0 fully saturated rings. The van der Waals surface area contributed by atoms with Gasteiger partial charge in [0.05, 0.1) is 0 Å². The summed E-state index contributed by atoms with van der Waals surface area (Å²) in [6.45, 7) is 7.35. The summed E-state index contributed by atoms with van der Waals surface area (Å²) in [7, 11) is 0. The van der Waals surface area contributed by atoms with Crippen molar-refractivity contribution in [2.24, 2.45) is 5.41 Å². The molecule has 0 N–H and O–H groups in total. The zero-order valence-corrected chi connectivity index (χ0v) is 5.41. The van der Waals surface area contributed by atoms with Crippen LogP contribution in [-0.4, -0.2) is 5.78 Å². The van der Waals surface area contributed by atoms with Gasteiger partial charge in [0.1, 0.15) is 5.78 Å². The van der Waals surface area contributed by atoms with E-state index in [1.165, 1.54) is 0 Å². The Bertz CT molecular complexity index is 76.7. The summed E-state index contributed by atoms with van der Waals surface area (Å²) >= 11 is 0. The molecule has 0 aromatic heterocycles. The normalized spacial score (nSPS) is 11.4. The molecule has 1 nitrogen and oxygen atoms in total. The molecular weight excluding hydrogens is 92.0 g/mol. The van der Waals surface area contributed by atoms with Crippen molar-refractivity contribution in [3.8, 4) is 0 Å². The summed E-state index contributed by atoms with van der Waals surface area (Å²) in [5, 5.41) is 0. The maximum atomic E-state index is 10.5. The summed E-state index contributed by atoms with van der Waals surface area (Å²) in [5.41, 5.74) is -0.139. The van der Waals surface area contributed by atoms with Gasteiger partial charge in [-0.3, -0.25) is 4.79 Å². The minimum atomic E-state index is -0.139. The fourth-order valence-electron chi connectivity index (χ4n) is 0. The van der Waals surface area contributed by atoms with Crippen molar-refractivity contribution in [3.05, 3.63) is 0 Å². The van der Waals surface area contributed by atoms with Gasteiger partial charge >= 0.3 is 0 Å². The maximum Gasteiger partial charge on any atom is 0.135 e. The zero-order chi connectivity index (χ0) is 6.08. The molecule has 42 valence electrons. The molecule has 0 unspecified atom stereocenters. The van der Waals surface area contributed by atoms with Gasteiger partial charge in [-0.1, -0.05) is 20.8 Å². The van der Waals surface area contributed by atoms with Crippen LogP contribution < -0.4 is 0 Å². The van der Waals surface area contributed by atoms with Crippen LogP contribution in [0.5, 0.6) is 0 Å². The average molecular weight is 104 g/mol. The van der Waals surface area contributed by atoms with Crippen molar-refractivity contribution in [2.45, 2.75) is 27.7 Å². The van der Waals surface area contributed by atoms with E-state index in [-0.39, 0.29) is 11.2 Å². The summed E-state index contributed by atoms with van der Waals surface area (Å²) < 4.78 is 0. The first-order chi connectivity index (χ1) is 2.94. The number of rotatable bonds is 0. The average Bonchev–Trinajstić information content (AvgIpc) is 1.31. The Labute approximate surface area is 44.7 Å². The van der Waals surface area contributed by atoms with Crippen molar-refractivity contribution in [2.75, 3.05) is 0 Å². The topological polar surface area (TPSA) is 17.1 Å². The summed E-state index contributed by atoms with van der Waals surface area (Å²) in [5.74, 6) is 0.243. The minimum Gasteiger partial charge on any atom is -0.299 e. The molecule has 0 aromatic rings. The largest absolute Gasteiger partial charge is 0.299 e. The fourth-order valence-corrected chi connectivity index (χ4v) is 0. The van der Waals surface area contributed by atoms with E-state index in [0.29, 0.717) is 0 Å². The van der Waals surface area contributed by atoms with Crippen molar-refractivity contribution < 1.29 is 4.79 Å². The molecule has 7 heavy (non-hydrogen) atoms. The molecule has 0 rings (SSSR count). The second kappa shape index (κ2) is 1.65. The van der Waals surface area contributed by atoms with E-state index in [9.17, 15) is 4.79 Å². The number of ketones is 1. The standard InChI is InChI=1S/C6H12O/c1-5(7)6(2,3)4/h1-4H3/i1+2,5+2. The van der Waals surface area contributed by atoms with Crippen LogP contribution >= 0.6 is 0 Å². The molecule has 0 radical (unpaired) electrons. The van der Waals surface area contributed by atoms with Gasteiger partial charge in [-0.05, 0) is 6.92 Å². The smallest absolute Gasteiger partial charge is 0.135 e. The van der Waals surface area contributed by atoms with Gasteiger partial charge in [-0.15, -0.1) is 0 Å². The van der Waals surface area contributed by atoms with Crippen molar-refractivity contribution in [1.29, 1.82) is 0 Å². The van der Waals surface area contributed by atoms with Crippen LogP contribution in [0.25, 0.3) is 0 Å². The highest BCUT2D eigenvalue weighted by atomic mass is 16.3. The summed E-state index contributed by atoms with van der Waals surface area (Å²) in [4.78, 5) is 10.5. The Kier molecular flexibility index (Phi) is 1.57. The molecule has 0 saturated heterocycles. The van der Waals surface area contributed by atoms with E-state index >= 15 is 0 Å². The lowest BCUT2D eigenvalue weighted by Crippen LogP contribution is -2.15. The molecular formula is C6H12O. The second-order valence-electron chi connectivity index (χ2n) is 2.81. The van der Waals surface area contributed by atoms with E-state index in [4.69, 9.17) is 0 Å². The third-order valence-corrected chi connectivity index (χ3v) is 1.06. The molecule has 0 spiro atoms. The van der Waals surface area contributed by atoms with Crippen LogP contribution in [-0.2, 0) is 4.79 Å². The number of Topliss-reactive ketones (excluding diaryl/α,β-unsaturated/α-hetero) is 1. The van der Waals surface area contributed by atoms with Gasteiger partial charge in [0, 0.05) is 5.41 Å². The van der Waals surface area contributed by atoms with Crippen LogP contribution in [0.4, 0.5) is 0 Å². The summed E-state index contributed by atoms with van der Waals surface area (Å²) in [6, 6.07) is 0. The monoisotopic (exact) mass is 104 g/mol. The Morgan fingerprint density at radius 3 is 1.57 bits per heavy atom. The first kappa shape index (κ1) is 6.67. The van der Waals surface area contributed by atoms with E-state index in [1.54, 1.807) is 6.92 Å². The molecule has 0 aliphatic rings. The van der Waals surface area contributed by atoms with Crippen LogP contribution in [0, 0.1) is 5.41 Å². The van der Waals surface area contributed by atoms with Gasteiger partial charge < -0.3 is 0 Å². The lowest BCUT2D eigenvalue weighted by atomic mass is 10.1. The number of hydrogen-bond donors (Lipinski definition) is 0. The van der Waals surface area contributed by atoms with E-state index in [0.717, 1.165) is 0 Å². The van der Waals surface area contributed by atoms with Crippen molar-refractivity contribution in [3.63, 3.8) is 0 Å². The van der Waals surface area contributed by atoms with E-state index in [1.807, 2.05) is 20.8 Å². The van der Waals surface area contributed by atoms with E-state index < -0.39 is 0 Å². The number of hydrogen-bond acceptors (Lipinski definition) is 1. The maximum absolute atomic E-state index is 10.5. The van der Waals surface area contributed by atoms with Gasteiger partial charge in [0.2, 0.25) is 0 Å². The fraction of sp³-hybridized carbons (Fsp3) is 0.833. The molecule has 0 heterocycles. The van der Waals surface area contributed by atoms with Crippen LogP contribution in [0.3, 0.4) is 0 Å². The Morgan fingerprint density at radius 1 is 1.43 bits per heavy atom. The van der Waals surface area contributed by atoms with Crippen molar-refractivity contribution >= 4 is 5.78 Å². The predicted molar refractivity (Wildman–Crippen MR) is 30.1 cm³/mol. The Balaban J connectivity index is 3.79.